The lowest BCUT2D eigenvalue weighted by Gasteiger charge is -2.28. The van der Waals surface area contributed by atoms with Crippen molar-refractivity contribution in [3.05, 3.63) is 23.8 Å². The molecule has 4 nitrogen and oxygen atoms in total. The molecule has 1 amide bonds. The fourth-order valence-corrected chi connectivity index (χ4v) is 2.60. The molecule has 0 bridgehead atoms. The van der Waals surface area contributed by atoms with Crippen LogP contribution in [0.4, 0.5) is 5.69 Å². The summed E-state index contributed by atoms with van der Waals surface area (Å²) >= 11 is 0. The second-order valence-electron chi connectivity index (χ2n) is 5.68. The summed E-state index contributed by atoms with van der Waals surface area (Å²) in [5.41, 5.74) is 1.08. The van der Waals surface area contributed by atoms with Crippen LogP contribution in [-0.2, 0) is 9.53 Å². The van der Waals surface area contributed by atoms with Gasteiger partial charge in [0.25, 0.3) is 5.91 Å². The van der Waals surface area contributed by atoms with E-state index in [-0.39, 0.29) is 5.91 Å². The van der Waals surface area contributed by atoms with Gasteiger partial charge in [-0.25, -0.2) is 0 Å². The van der Waals surface area contributed by atoms with Crippen LogP contribution in [0.2, 0.25) is 0 Å². The van der Waals surface area contributed by atoms with E-state index in [0.29, 0.717) is 19.1 Å². The van der Waals surface area contributed by atoms with Crippen LogP contribution in [0.15, 0.2) is 18.2 Å². The molecule has 21 heavy (non-hydrogen) atoms. The molecule has 2 rings (SSSR count). The fourth-order valence-electron chi connectivity index (χ4n) is 2.60. The average Bonchev–Trinajstić information content (AvgIpc) is 3.27. The smallest absolute Gasteiger partial charge is 0.256 e. The zero-order chi connectivity index (χ0) is 15.5. The highest BCUT2D eigenvalue weighted by atomic mass is 16.5. The lowest BCUT2D eigenvalue weighted by Crippen LogP contribution is -2.44. The van der Waals surface area contributed by atoms with E-state index >= 15 is 0 Å². The number of amides is 1. The summed E-state index contributed by atoms with van der Waals surface area (Å²) in [6.45, 7) is 8.93. The lowest BCUT2D eigenvalue weighted by atomic mass is 9.98. The Morgan fingerprint density at radius 3 is 2.57 bits per heavy atom. The van der Waals surface area contributed by atoms with Crippen LogP contribution in [0.1, 0.15) is 39.2 Å². The largest absolute Gasteiger partial charge is 0.494 e. The molecule has 0 heterocycles. The van der Waals surface area contributed by atoms with E-state index in [1.165, 1.54) is 0 Å². The highest BCUT2D eigenvalue weighted by molar-refractivity contribution is 5.97. The normalized spacial score (nSPS) is 17.1. The summed E-state index contributed by atoms with van der Waals surface area (Å²) in [6, 6.07) is 5.70. The molecule has 116 valence electrons. The summed E-state index contributed by atoms with van der Waals surface area (Å²) in [6.07, 6.45) is 2.12. The molecule has 0 aromatic heterocycles. The molecule has 1 fully saturated rings. The Labute approximate surface area is 126 Å². The molecular weight excluding hydrogens is 266 g/mol. The van der Waals surface area contributed by atoms with Gasteiger partial charge in [0.2, 0.25) is 0 Å². The maximum atomic E-state index is 12.6. The molecule has 1 N–H and O–H groups in total. The van der Waals surface area contributed by atoms with E-state index in [1.807, 2.05) is 45.9 Å². The van der Waals surface area contributed by atoms with Gasteiger partial charge in [-0.2, -0.15) is 0 Å². The van der Waals surface area contributed by atoms with E-state index in [4.69, 9.17) is 9.47 Å². The van der Waals surface area contributed by atoms with Gasteiger partial charge in [0.1, 0.15) is 11.4 Å². The molecule has 1 atom stereocenters. The summed E-state index contributed by atoms with van der Waals surface area (Å²) in [5.74, 6) is 1.13. The van der Waals surface area contributed by atoms with Gasteiger partial charge in [0.05, 0.1) is 6.61 Å². The van der Waals surface area contributed by atoms with Crippen molar-refractivity contribution in [2.24, 2.45) is 5.92 Å². The zero-order valence-corrected chi connectivity index (χ0v) is 13.4. The number of hydrogen-bond acceptors (Lipinski definition) is 3. The summed E-state index contributed by atoms with van der Waals surface area (Å²) in [5, 5.41) is 2.98. The van der Waals surface area contributed by atoms with Gasteiger partial charge in [0.15, 0.2) is 0 Å². The quantitative estimate of drug-likeness (QED) is 0.836. The Morgan fingerprint density at radius 1 is 1.33 bits per heavy atom. The third-order valence-electron chi connectivity index (χ3n) is 3.98. The highest BCUT2D eigenvalue weighted by Gasteiger charge is 2.48. The first kappa shape index (κ1) is 15.8. The molecule has 1 aromatic carbocycles. The minimum Gasteiger partial charge on any atom is -0.494 e. The van der Waals surface area contributed by atoms with Gasteiger partial charge in [-0.1, -0.05) is 0 Å². The summed E-state index contributed by atoms with van der Waals surface area (Å²) in [7, 11) is 0. The maximum Gasteiger partial charge on any atom is 0.256 e. The highest BCUT2D eigenvalue weighted by Crippen LogP contribution is 2.42. The van der Waals surface area contributed by atoms with Crippen molar-refractivity contribution < 1.29 is 14.3 Å². The topological polar surface area (TPSA) is 47.6 Å². The average molecular weight is 291 g/mol. The Bertz CT molecular complexity index is 511. The molecule has 1 unspecified atom stereocenters. The number of hydrogen-bond donors (Lipinski definition) is 1. The van der Waals surface area contributed by atoms with Crippen LogP contribution >= 0.6 is 0 Å². The summed E-state index contributed by atoms with van der Waals surface area (Å²) in [4.78, 5) is 12.6. The standard InChI is InChI=1S/C17H25NO3/c1-5-20-15-10-9-14(11-12(15)3)18-16(19)17(4,21-6-2)13-7-8-13/h9-11,13H,5-8H2,1-4H3,(H,18,19). The molecular formula is C17H25NO3. The molecule has 0 aliphatic heterocycles. The summed E-state index contributed by atoms with van der Waals surface area (Å²) < 4.78 is 11.3. The van der Waals surface area contributed by atoms with Gasteiger partial charge >= 0.3 is 0 Å². The molecule has 0 saturated heterocycles. The Balaban J connectivity index is 2.09. The fraction of sp³-hybridized carbons (Fsp3) is 0.588. The number of aryl methyl sites for hydroxylation is 1. The number of benzene rings is 1. The first-order chi connectivity index (χ1) is 10.0. The molecule has 1 aromatic rings. The predicted molar refractivity (Wildman–Crippen MR) is 83.7 cm³/mol. The molecule has 1 aliphatic rings. The van der Waals surface area contributed by atoms with E-state index in [1.54, 1.807) is 0 Å². The van der Waals surface area contributed by atoms with Crippen LogP contribution in [-0.4, -0.2) is 24.7 Å². The Morgan fingerprint density at radius 2 is 2.05 bits per heavy atom. The van der Waals surface area contributed by atoms with Gasteiger partial charge in [-0.05, 0) is 70.2 Å². The van der Waals surface area contributed by atoms with Gasteiger partial charge in [-0.15, -0.1) is 0 Å². The van der Waals surface area contributed by atoms with Crippen molar-refractivity contribution in [1.82, 2.24) is 0 Å². The minimum atomic E-state index is -0.721. The van der Waals surface area contributed by atoms with Crippen LogP contribution in [0, 0.1) is 12.8 Å². The zero-order valence-electron chi connectivity index (χ0n) is 13.4. The van der Waals surface area contributed by atoms with Gasteiger partial charge in [0, 0.05) is 12.3 Å². The predicted octanol–water partition coefficient (Wildman–Crippen LogP) is 3.54. The van der Waals surface area contributed by atoms with E-state index < -0.39 is 5.60 Å². The van der Waals surface area contributed by atoms with Gasteiger partial charge < -0.3 is 14.8 Å². The van der Waals surface area contributed by atoms with E-state index in [9.17, 15) is 4.79 Å². The molecule has 4 heteroatoms. The Kier molecular flexibility index (Phi) is 4.88. The second-order valence-corrected chi connectivity index (χ2v) is 5.68. The van der Waals surface area contributed by atoms with E-state index in [2.05, 4.69) is 5.32 Å². The van der Waals surface area contributed by atoms with Crippen LogP contribution < -0.4 is 10.1 Å². The second kappa shape index (κ2) is 6.48. The van der Waals surface area contributed by atoms with E-state index in [0.717, 1.165) is 29.8 Å². The lowest BCUT2D eigenvalue weighted by molar-refractivity contribution is -0.141. The van der Waals surface area contributed by atoms with Crippen molar-refractivity contribution in [2.75, 3.05) is 18.5 Å². The van der Waals surface area contributed by atoms with Crippen LogP contribution in [0.5, 0.6) is 5.75 Å². The minimum absolute atomic E-state index is 0.0598. The van der Waals surface area contributed by atoms with Crippen molar-refractivity contribution in [3.63, 3.8) is 0 Å². The van der Waals surface area contributed by atoms with Crippen molar-refractivity contribution in [1.29, 1.82) is 0 Å². The van der Waals surface area contributed by atoms with Crippen molar-refractivity contribution in [2.45, 2.75) is 46.1 Å². The molecule has 1 saturated carbocycles. The Hall–Kier alpha value is -1.55. The maximum absolute atomic E-state index is 12.6. The monoisotopic (exact) mass is 291 g/mol. The molecule has 1 aliphatic carbocycles. The molecule has 0 spiro atoms. The number of ether oxygens (including phenoxy) is 2. The number of rotatable bonds is 7. The van der Waals surface area contributed by atoms with Crippen molar-refractivity contribution in [3.8, 4) is 5.75 Å². The third kappa shape index (κ3) is 3.56. The first-order valence-electron chi connectivity index (χ1n) is 7.70. The number of anilines is 1. The number of carbonyl (C=O) groups excluding carboxylic acids is 1. The van der Waals surface area contributed by atoms with Crippen LogP contribution in [0.25, 0.3) is 0 Å². The van der Waals surface area contributed by atoms with Gasteiger partial charge in [-0.3, -0.25) is 4.79 Å². The molecule has 0 radical (unpaired) electrons. The number of nitrogens with one attached hydrogen (secondary N) is 1. The first-order valence-corrected chi connectivity index (χ1v) is 7.70. The van der Waals surface area contributed by atoms with Crippen molar-refractivity contribution >= 4 is 11.6 Å². The SMILES string of the molecule is CCOc1ccc(NC(=O)C(C)(OCC)C2CC2)cc1C. The van der Waals surface area contributed by atoms with Crippen LogP contribution in [0.3, 0.4) is 0 Å². The third-order valence-corrected chi connectivity index (χ3v) is 3.98. The number of carbonyl (C=O) groups is 1.